The SMILES string of the molecule is COc1cccc(/C=C/C(=O)OCC(=O)N2CCC(Cc3ccccc3)CC2)c1OC. The molecular formula is C25H29NO5. The Bertz CT molecular complexity index is 901. The average molecular weight is 424 g/mol. The number of nitrogens with zero attached hydrogens (tertiary/aromatic N) is 1. The first-order chi connectivity index (χ1) is 15.1. The number of esters is 1. The summed E-state index contributed by atoms with van der Waals surface area (Å²) >= 11 is 0. The minimum Gasteiger partial charge on any atom is -0.493 e. The lowest BCUT2D eigenvalue weighted by Gasteiger charge is -2.32. The lowest BCUT2D eigenvalue weighted by Crippen LogP contribution is -2.41. The molecule has 0 radical (unpaired) electrons. The van der Waals surface area contributed by atoms with Gasteiger partial charge in [-0.05, 0) is 42.9 Å². The fourth-order valence-electron chi connectivity index (χ4n) is 3.81. The highest BCUT2D eigenvalue weighted by Crippen LogP contribution is 2.31. The molecule has 164 valence electrons. The largest absolute Gasteiger partial charge is 0.493 e. The van der Waals surface area contributed by atoms with Crippen LogP contribution in [-0.2, 0) is 20.7 Å². The zero-order chi connectivity index (χ0) is 22.1. The molecule has 1 heterocycles. The fourth-order valence-corrected chi connectivity index (χ4v) is 3.81. The Morgan fingerprint density at radius 1 is 1.00 bits per heavy atom. The van der Waals surface area contributed by atoms with E-state index in [1.165, 1.54) is 18.7 Å². The van der Waals surface area contributed by atoms with E-state index in [0.717, 1.165) is 19.3 Å². The van der Waals surface area contributed by atoms with Crippen molar-refractivity contribution in [3.05, 3.63) is 65.7 Å². The van der Waals surface area contributed by atoms with Crippen molar-refractivity contribution in [1.82, 2.24) is 4.90 Å². The number of benzene rings is 2. The van der Waals surface area contributed by atoms with Crippen LogP contribution in [0.4, 0.5) is 0 Å². The van der Waals surface area contributed by atoms with Crippen LogP contribution in [-0.4, -0.2) is 50.7 Å². The van der Waals surface area contributed by atoms with Crippen molar-refractivity contribution in [3.63, 3.8) is 0 Å². The van der Waals surface area contributed by atoms with Crippen LogP contribution in [0.3, 0.4) is 0 Å². The van der Waals surface area contributed by atoms with Gasteiger partial charge in [0.15, 0.2) is 18.1 Å². The Morgan fingerprint density at radius 2 is 1.74 bits per heavy atom. The van der Waals surface area contributed by atoms with Crippen molar-refractivity contribution in [2.45, 2.75) is 19.3 Å². The topological polar surface area (TPSA) is 65.1 Å². The molecule has 0 atom stereocenters. The molecule has 0 unspecified atom stereocenters. The number of methoxy groups -OCH3 is 2. The van der Waals surface area contributed by atoms with Crippen molar-refractivity contribution >= 4 is 18.0 Å². The molecule has 6 nitrogen and oxygen atoms in total. The second-order valence-electron chi connectivity index (χ2n) is 7.54. The number of ether oxygens (including phenoxy) is 3. The van der Waals surface area contributed by atoms with Crippen molar-refractivity contribution in [3.8, 4) is 11.5 Å². The summed E-state index contributed by atoms with van der Waals surface area (Å²) in [4.78, 5) is 26.3. The van der Waals surface area contributed by atoms with Gasteiger partial charge in [0, 0.05) is 24.7 Å². The van der Waals surface area contributed by atoms with Gasteiger partial charge in [0.2, 0.25) is 0 Å². The monoisotopic (exact) mass is 423 g/mol. The van der Waals surface area contributed by atoms with Gasteiger partial charge in [0.25, 0.3) is 5.91 Å². The second kappa shape index (κ2) is 11.2. The van der Waals surface area contributed by atoms with Crippen molar-refractivity contribution in [1.29, 1.82) is 0 Å². The van der Waals surface area contributed by atoms with Gasteiger partial charge in [0.1, 0.15) is 0 Å². The van der Waals surface area contributed by atoms with Crippen molar-refractivity contribution < 1.29 is 23.8 Å². The summed E-state index contributed by atoms with van der Waals surface area (Å²) in [5.74, 6) is 0.957. The standard InChI is InChI=1S/C25H29NO5/c1-29-22-10-6-9-21(25(22)30-2)11-12-24(28)31-18-23(27)26-15-13-20(14-16-26)17-19-7-4-3-5-8-19/h3-12,20H,13-18H2,1-2H3/b12-11+. The van der Waals surface area contributed by atoms with Gasteiger partial charge in [0.05, 0.1) is 14.2 Å². The molecule has 3 rings (SSSR count). The van der Waals surface area contributed by atoms with Gasteiger partial charge in [-0.15, -0.1) is 0 Å². The van der Waals surface area contributed by atoms with Gasteiger partial charge in [-0.25, -0.2) is 4.79 Å². The molecule has 1 saturated heterocycles. The Hall–Kier alpha value is -3.28. The Morgan fingerprint density at radius 3 is 2.42 bits per heavy atom. The van der Waals surface area contributed by atoms with E-state index >= 15 is 0 Å². The molecule has 1 amide bonds. The summed E-state index contributed by atoms with van der Waals surface area (Å²) in [5.41, 5.74) is 2.02. The van der Waals surface area contributed by atoms with E-state index < -0.39 is 5.97 Å². The molecule has 0 saturated carbocycles. The molecule has 0 aliphatic carbocycles. The van der Waals surface area contributed by atoms with Gasteiger partial charge in [-0.2, -0.15) is 0 Å². The molecule has 1 aliphatic heterocycles. The minimum atomic E-state index is -0.572. The first-order valence-electron chi connectivity index (χ1n) is 10.5. The summed E-state index contributed by atoms with van der Waals surface area (Å²) in [6.45, 7) is 1.15. The van der Waals surface area contributed by atoms with E-state index in [1.807, 2.05) is 6.07 Å². The second-order valence-corrected chi connectivity index (χ2v) is 7.54. The molecule has 0 aromatic heterocycles. The van der Waals surface area contributed by atoms with E-state index in [4.69, 9.17) is 14.2 Å². The highest BCUT2D eigenvalue weighted by atomic mass is 16.5. The molecule has 0 bridgehead atoms. The third-order valence-corrected chi connectivity index (χ3v) is 5.50. The quantitative estimate of drug-likeness (QED) is 0.478. The van der Waals surface area contributed by atoms with E-state index in [1.54, 1.807) is 36.3 Å². The molecular weight excluding hydrogens is 394 g/mol. The molecule has 31 heavy (non-hydrogen) atoms. The van der Waals surface area contributed by atoms with Crippen LogP contribution < -0.4 is 9.47 Å². The number of carbonyl (C=O) groups excluding carboxylic acids is 2. The van der Waals surface area contributed by atoms with E-state index in [2.05, 4.69) is 24.3 Å². The Balaban J connectivity index is 1.44. The zero-order valence-electron chi connectivity index (χ0n) is 18.1. The van der Waals surface area contributed by atoms with Crippen LogP contribution in [0.25, 0.3) is 6.08 Å². The van der Waals surface area contributed by atoms with Gasteiger partial charge in [-0.3, -0.25) is 4.79 Å². The molecule has 1 fully saturated rings. The molecule has 0 N–H and O–H groups in total. The molecule has 0 spiro atoms. The highest BCUT2D eigenvalue weighted by molar-refractivity contribution is 5.90. The Labute approximate surface area is 183 Å². The summed E-state index contributed by atoms with van der Waals surface area (Å²) in [7, 11) is 3.09. The Kier molecular flexibility index (Phi) is 8.10. The number of likely N-dealkylation sites (tertiary alicyclic amines) is 1. The maximum absolute atomic E-state index is 12.4. The highest BCUT2D eigenvalue weighted by Gasteiger charge is 2.23. The summed E-state index contributed by atoms with van der Waals surface area (Å²) in [6.07, 6.45) is 5.84. The third kappa shape index (κ3) is 6.35. The van der Waals surface area contributed by atoms with Crippen LogP contribution >= 0.6 is 0 Å². The maximum Gasteiger partial charge on any atom is 0.331 e. The third-order valence-electron chi connectivity index (χ3n) is 5.50. The lowest BCUT2D eigenvalue weighted by atomic mass is 9.90. The number of hydrogen-bond acceptors (Lipinski definition) is 5. The van der Waals surface area contributed by atoms with Gasteiger partial charge in [-0.1, -0.05) is 42.5 Å². The van der Waals surface area contributed by atoms with E-state index in [9.17, 15) is 9.59 Å². The summed E-state index contributed by atoms with van der Waals surface area (Å²) in [5, 5.41) is 0. The number of piperidine rings is 1. The van der Waals surface area contributed by atoms with Gasteiger partial charge >= 0.3 is 5.97 Å². The first-order valence-corrected chi connectivity index (χ1v) is 10.5. The zero-order valence-corrected chi connectivity index (χ0v) is 18.1. The van der Waals surface area contributed by atoms with Crippen LogP contribution in [0.2, 0.25) is 0 Å². The van der Waals surface area contributed by atoms with Crippen LogP contribution in [0.1, 0.15) is 24.0 Å². The first kappa shape index (κ1) is 22.4. The normalized spacial score (nSPS) is 14.5. The predicted molar refractivity (Wildman–Crippen MR) is 119 cm³/mol. The van der Waals surface area contributed by atoms with E-state index in [-0.39, 0.29) is 12.5 Å². The number of rotatable bonds is 8. The number of amides is 1. The van der Waals surface area contributed by atoms with Crippen molar-refractivity contribution in [2.24, 2.45) is 5.92 Å². The average Bonchev–Trinajstić information content (AvgIpc) is 2.81. The van der Waals surface area contributed by atoms with Crippen LogP contribution in [0, 0.1) is 5.92 Å². The summed E-state index contributed by atoms with van der Waals surface area (Å²) < 4.78 is 15.7. The fraction of sp³-hybridized carbons (Fsp3) is 0.360. The summed E-state index contributed by atoms with van der Waals surface area (Å²) in [6, 6.07) is 15.8. The van der Waals surface area contributed by atoms with Crippen molar-refractivity contribution in [2.75, 3.05) is 33.9 Å². The number of hydrogen-bond donors (Lipinski definition) is 0. The predicted octanol–water partition coefficient (Wildman–Crippen LogP) is 3.74. The minimum absolute atomic E-state index is 0.154. The van der Waals surface area contributed by atoms with E-state index in [0.29, 0.717) is 36.1 Å². The molecule has 6 heteroatoms. The number of carbonyl (C=O) groups is 2. The molecule has 2 aromatic rings. The maximum atomic E-state index is 12.4. The van der Waals surface area contributed by atoms with Crippen LogP contribution in [0.15, 0.2) is 54.6 Å². The smallest absolute Gasteiger partial charge is 0.331 e. The molecule has 2 aromatic carbocycles. The lowest BCUT2D eigenvalue weighted by molar-refractivity contribution is -0.148. The van der Waals surface area contributed by atoms with Crippen LogP contribution in [0.5, 0.6) is 11.5 Å². The van der Waals surface area contributed by atoms with Gasteiger partial charge < -0.3 is 19.1 Å². The number of para-hydroxylation sites is 1. The molecule has 1 aliphatic rings.